The van der Waals surface area contributed by atoms with Gasteiger partial charge in [0, 0.05) is 12.8 Å². The van der Waals surface area contributed by atoms with Gasteiger partial charge in [0.25, 0.3) is 0 Å². The Morgan fingerprint density at radius 1 is 1.00 bits per heavy atom. The molecule has 0 amide bonds. The predicted molar refractivity (Wildman–Crippen MR) is 68.1 cm³/mol. The van der Waals surface area contributed by atoms with Gasteiger partial charge in [-0.05, 0) is 63.2 Å². The van der Waals surface area contributed by atoms with Crippen LogP contribution in [0.5, 0.6) is 0 Å². The average Bonchev–Trinajstić information content (AvgIpc) is 2.30. The number of hydrogen-bond acceptors (Lipinski definition) is 2. The molecule has 2 atom stereocenters. The third-order valence-electron chi connectivity index (χ3n) is 3.81. The van der Waals surface area contributed by atoms with Crippen molar-refractivity contribution in [1.29, 1.82) is 0 Å². The number of aliphatic carboxylic acids is 2. The lowest BCUT2D eigenvalue weighted by atomic mass is 9.74. The van der Waals surface area contributed by atoms with E-state index >= 15 is 0 Å². The molecule has 1 rings (SSSR count). The molecule has 0 aromatic rings. The topological polar surface area (TPSA) is 74.6 Å². The molecule has 0 saturated heterocycles. The Bertz CT molecular complexity index is 247. The Balaban J connectivity index is 2.27. The summed E-state index contributed by atoms with van der Waals surface area (Å²) in [4.78, 5) is 21.0. The monoisotopic (exact) mass is 255 g/mol. The standard InChI is InChI=1S/C14H23O4/c15-13(16)9-3-7-11-5-1-2-6-12(11)8-4-10-14(17)18/h1,11-12H,2-10H2,(H,15,16)(H,17,18). The van der Waals surface area contributed by atoms with Crippen LogP contribution >= 0.6 is 0 Å². The molecule has 0 aromatic carbocycles. The van der Waals surface area contributed by atoms with E-state index in [4.69, 9.17) is 10.2 Å². The van der Waals surface area contributed by atoms with Gasteiger partial charge in [-0.1, -0.05) is 0 Å². The molecule has 0 heterocycles. The van der Waals surface area contributed by atoms with Gasteiger partial charge in [-0.25, -0.2) is 0 Å². The van der Waals surface area contributed by atoms with Gasteiger partial charge >= 0.3 is 11.9 Å². The predicted octanol–water partition coefficient (Wildman–Crippen LogP) is 3.12. The van der Waals surface area contributed by atoms with Crippen LogP contribution in [0.2, 0.25) is 0 Å². The lowest BCUT2D eigenvalue weighted by molar-refractivity contribution is -0.138. The number of carboxylic acids is 2. The minimum absolute atomic E-state index is 0.248. The van der Waals surface area contributed by atoms with Gasteiger partial charge in [-0.3, -0.25) is 9.59 Å². The fraction of sp³-hybridized carbons (Fsp3) is 0.786. The number of hydrogen-bond donors (Lipinski definition) is 2. The van der Waals surface area contributed by atoms with Crippen molar-refractivity contribution in [2.45, 2.75) is 57.8 Å². The largest absolute Gasteiger partial charge is 0.481 e. The second-order valence-corrected chi connectivity index (χ2v) is 5.19. The lowest BCUT2D eigenvalue weighted by Crippen LogP contribution is -2.20. The zero-order valence-corrected chi connectivity index (χ0v) is 10.8. The summed E-state index contributed by atoms with van der Waals surface area (Å²) in [6.45, 7) is 0. The van der Waals surface area contributed by atoms with Gasteiger partial charge in [0.2, 0.25) is 0 Å². The van der Waals surface area contributed by atoms with Crippen molar-refractivity contribution in [2.75, 3.05) is 0 Å². The van der Waals surface area contributed by atoms with Crippen LogP contribution in [-0.2, 0) is 9.59 Å². The van der Waals surface area contributed by atoms with E-state index < -0.39 is 11.9 Å². The Hall–Kier alpha value is -1.06. The third-order valence-corrected chi connectivity index (χ3v) is 3.81. The SMILES string of the molecule is O=C(O)CCCC1C[CH]CCC1CCCC(=O)O. The highest BCUT2D eigenvalue weighted by Gasteiger charge is 2.24. The van der Waals surface area contributed by atoms with Crippen molar-refractivity contribution >= 4 is 11.9 Å². The Labute approximate surface area is 108 Å². The lowest BCUT2D eigenvalue weighted by Gasteiger charge is -2.31. The van der Waals surface area contributed by atoms with Gasteiger partial charge in [0.15, 0.2) is 0 Å². The highest BCUT2D eigenvalue weighted by molar-refractivity contribution is 5.66. The summed E-state index contributed by atoms with van der Waals surface area (Å²) in [5.41, 5.74) is 0. The van der Waals surface area contributed by atoms with Crippen molar-refractivity contribution in [3.8, 4) is 0 Å². The molecule has 0 aromatic heterocycles. The zero-order valence-electron chi connectivity index (χ0n) is 10.8. The summed E-state index contributed by atoms with van der Waals surface area (Å²) in [6.07, 6.45) is 9.53. The van der Waals surface area contributed by atoms with Crippen LogP contribution in [0.25, 0.3) is 0 Å². The van der Waals surface area contributed by atoms with Gasteiger partial charge in [-0.2, -0.15) is 0 Å². The van der Waals surface area contributed by atoms with E-state index in [9.17, 15) is 9.59 Å². The minimum Gasteiger partial charge on any atom is -0.481 e. The molecule has 4 heteroatoms. The number of carbonyl (C=O) groups is 2. The van der Waals surface area contributed by atoms with Crippen molar-refractivity contribution in [2.24, 2.45) is 11.8 Å². The summed E-state index contributed by atoms with van der Waals surface area (Å²) >= 11 is 0. The first-order valence-electron chi connectivity index (χ1n) is 6.85. The molecule has 103 valence electrons. The quantitative estimate of drug-likeness (QED) is 0.698. The summed E-state index contributed by atoms with van der Waals surface area (Å²) in [5, 5.41) is 17.3. The smallest absolute Gasteiger partial charge is 0.303 e. The maximum atomic E-state index is 10.5. The van der Waals surface area contributed by atoms with Crippen molar-refractivity contribution < 1.29 is 19.8 Å². The van der Waals surface area contributed by atoms with Crippen LogP contribution in [0.15, 0.2) is 0 Å². The maximum absolute atomic E-state index is 10.5. The average molecular weight is 255 g/mol. The molecule has 2 N–H and O–H groups in total. The van der Waals surface area contributed by atoms with Crippen LogP contribution in [-0.4, -0.2) is 22.2 Å². The van der Waals surface area contributed by atoms with Crippen LogP contribution < -0.4 is 0 Å². The molecule has 1 saturated carbocycles. The normalized spacial score (nSPS) is 23.8. The van der Waals surface area contributed by atoms with E-state index in [0.717, 1.165) is 44.9 Å². The van der Waals surface area contributed by atoms with E-state index in [-0.39, 0.29) is 12.8 Å². The van der Waals surface area contributed by atoms with Gasteiger partial charge in [-0.15, -0.1) is 0 Å². The highest BCUT2D eigenvalue weighted by Crippen LogP contribution is 2.36. The molecule has 0 spiro atoms. The van der Waals surface area contributed by atoms with Crippen LogP contribution in [0, 0.1) is 18.3 Å². The second-order valence-electron chi connectivity index (χ2n) is 5.19. The summed E-state index contributed by atoms with van der Waals surface area (Å²) in [7, 11) is 0. The molecular weight excluding hydrogens is 232 g/mol. The Morgan fingerprint density at radius 2 is 1.56 bits per heavy atom. The second kappa shape index (κ2) is 8.11. The molecule has 18 heavy (non-hydrogen) atoms. The summed E-state index contributed by atoms with van der Waals surface area (Å²) in [6, 6.07) is 0. The van der Waals surface area contributed by atoms with Gasteiger partial charge < -0.3 is 10.2 Å². The summed E-state index contributed by atoms with van der Waals surface area (Å²) in [5.74, 6) is -0.299. The van der Waals surface area contributed by atoms with Crippen LogP contribution in [0.3, 0.4) is 0 Å². The molecule has 1 radical (unpaired) electrons. The third kappa shape index (κ3) is 6.03. The molecule has 1 fully saturated rings. The molecule has 1 aliphatic carbocycles. The number of rotatable bonds is 8. The molecule has 4 nitrogen and oxygen atoms in total. The fourth-order valence-corrected chi connectivity index (χ4v) is 2.86. The summed E-state index contributed by atoms with van der Waals surface area (Å²) < 4.78 is 0. The van der Waals surface area contributed by atoms with E-state index in [1.807, 2.05) is 0 Å². The van der Waals surface area contributed by atoms with E-state index in [1.165, 1.54) is 0 Å². The first-order valence-corrected chi connectivity index (χ1v) is 6.85. The molecule has 0 bridgehead atoms. The molecular formula is C14H23O4. The van der Waals surface area contributed by atoms with Crippen LogP contribution in [0.1, 0.15) is 57.8 Å². The minimum atomic E-state index is -0.725. The molecule has 0 aliphatic heterocycles. The molecule has 1 aliphatic rings. The fourth-order valence-electron chi connectivity index (χ4n) is 2.86. The van der Waals surface area contributed by atoms with Crippen molar-refractivity contribution in [3.05, 3.63) is 6.42 Å². The Kier molecular flexibility index (Phi) is 6.76. The van der Waals surface area contributed by atoms with E-state index in [1.54, 1.807) is 0 Å². The highest BCUT2D eigenvalue weighted by atomic mass is 16.4. The first-order chi connectivity index (χ1) is 8.59. The Morgan fingerprint density at radius 3 is 2.11 bits per heavy atom. The van der Waals surface area contributed by atoms with Gasteiger partial charge in [0.1, 0.15) is 0 Å². The number of carboxylic acid groups (broad SMARTS) is 2. The van der Waals surface area contributed by atoms with E-state index in [0.29, 0.717) is 11.8 Å². The first kappa shape index (κ1) is 15.0. The zero-order chi connectivity index (χ0) is 13.4. The van der Waals surface area contributed by atoms with Crippen LogP contribution in [0.4, 0.5) is 0 Å². The van der Waals surface area contributed by atoms with Crippen molar-refractivity contribution in [1.82, 2.24) is 0 Å². The van der Waals surface area contributed by atoms with Gasteiger partial charge in [0.05, 0.1) is 0 Å². The maximum Gasteiger partial charge on any atom is 0.303 e. The van der Waals surface area contributed by atoms with E-state index in [2.05, 4.69) is 6.42 Å². The van der Waals surface area contributed by atoms with Crippen molar-refractivity contribution in [3.63, 3.8) is 0 Å². The molecule has 2 unspecified atom stereocenters.